The Morgan fingerprint density at radius 2 is 1.94 bits per heavy atom. The second kappa shape index (κ2) is 5.87. The molecule has 0 aromatic carbocycles. The number of likely N-dealkylation sites (tertiary alicyclic amines) is 1. The number of hydrogen-bond donors (Lipinski definition) is 1. The van der Waals surface area contributed by atoms with Gasteiger partial charge in [-0.05, 0) is 32.2 Å². The molecule has 0 aromatic heterocycles. The molecule has 3 rings (SSSR count). The second-order valence-electron chi connectivity index (χ2n) is 5.90. The Bertz CT molecular complexity index is 263. The van der Waals surface area contributed by atoms with Crippen LogP contribution in [0.15, 0.2) is 0 Å². The van der Waals surface area contributed by atoms with Crippen LogP contribution in [0.4, 0.5) is 0 Å². The molecule has 0 aliphatic carbocycles. The normalized spacial score (nSPS) is 41.2. The minimum Gasteiger partial charge on any atom is -0.380 e. The molecular weight excluding hydrogens is 228 g/mol. The van der Waals surface area contributed by atoms with Crippen molar-refractivity contribution in [3.63, 3.8) is 0 Å². The predicted molar refractivity (Wildman–Crippen MR) is 70.8 cm³/mol. The van der Waals surface area contributed by atoms with Gasteiger partial charge in [0.2, 0.25) is 0 Å². The topological polar surface area (TPSA) is 33.7 Å². The van der Waals surface area contributed by atoms with Crippen LogP contribution in [0.25, 0.3) is 0 Å². The lowest BCUT2D eigenvalue weighted by molar-refractivity contribution is -0.0841. The van der Waals surface area contributed by atoms with Crippen molar-refractivity contribution in [2.24, 2.45) is 0 Å². The first kappa shape index (κ1) is 12.9. The molecular formula is C14H26N2O2. The van der Waals surface area contributed by atoms with Crippen LogP contribution in [0, 0.1) is 0 Å². The van der Waals surface area contributed by atoms with Crippen LogP contribution in [0.2, 0.25) is 0 Å². The molecule has 0 aromatic rings. The fraction of sp³-hybridized carbons (Fsp3) is 1.00. The monoisotopic (exact) mass is 254 g/mol. The first-order chi connectivity index (χ1) is 8.86. The van der Waals surface area contributed by atoms with Crippen LogP contribution in [0.5, 0.6) is 0 Å². The molecule has 4 heteroatoms. The van der Waals surface area contributed by atoms with E-state index in [1.54, 1.807) is 0 Å². The number of nitrogens with one attached hydrogen (secondary N) is 1. The molecule has 3 aliphatic heterocycles. The average molecular weight is 254 g/mol. The van der Waals surface area contributed by atoms with Gasteiger partial charge in [0.1, 0.15) is 0 Å². The zero-order chi connectivity index (χ0) is 12.4. The van der Waals surface area contributed by atoms with Crippen molar-refractivity contribution in [2.45, 2.75) is 56.9 Å². The maximum Gasteiger partial charge on any atom is 0.0707 e. The smallest absolute Gasteiger partial charge is 0.0707 e. The van der Waals surface area contributed by atoms with E-state index in [0.29, 0.717) is 24.3 Å². The zero-order valence-corrected chi connectivity index (χ0v) is 11.4. The first-order valence-corrected chi connectivity index (χ1v) is 7.57. The largest absolute Gasteiger partial charge is 0.380 e. The summed E-state index contributed by atoms with van der Waals surface area (Å²) in [6, 6.07) is 1.16. The lowest BCUT2D eigenvalue weighted by Crippen LogP contribution is -2.59. The molecule has 2 bridgehead atoms. The van der Waals surface area contributed by atoms with Gasteiger partial charge in [0.25, 0.3) is 0 Å². The van der Waals surface area contributed by atoms with E-state index >= 15 is 0 Å². The molecule has 18 heavy (non-hydrogen) atoms. The summed E-state index contributed by atoms with van der Waals surface area (Å²) in [5.41, 5.74) is 0. The van der Waals surface area contributed by atoms with E-state index in [0.717, 1.165) is 39.3 Å². The van der Waals surface area contributed by atoms with Gasteiger partial charge < -0.3 is 14.8 Å². The van der Waals surface area contributed by atoms with Crippen molar-refractivity contribution in [1.29, 1.82) is 0 Å². The lowest BCUT2D eigenvalue weighted by Gasteiger charge is -2.43. The standard InChI is InChI=1S/C14H26N2O2/c1-2-6-15-13-5-7-17-10-14(13)16-8-11-3-4-12(9-16)18-11/h11-15H,2-10H2,1H3. The summed E-state index contributed by atoms with van der Waals surface area (Å²) in [7, 11) is 0. The van der Waals surface area contributed by atoms with Gasteiger partial charge in [-0.1, -0.05) is 6.92 Å². The molecule has 104 valence electrons. The highest BCUT2D eigenvalue weighted by molar-refractivity contribution is 4.93. The summed E-state index contributed by atoms with van der Waals surface area (Å²) in [5, 5.41) is 3.71. The molecule has 3 saturated heterocycles. The van der Waals surface area contributed by atoms with Crippen LogP contribution in [0.1, 0.15) is 32.6 Å². The van der Waals surface area contributed by atoms with Gasteiger partial charge in [0.15, 0.2) is 0 Å². The number of nitrogens with zero attached hydrogens (tertiary/aromatic N) is 1. The number of ether oxygens (including phenoxy) is 2. The Hall–Kier alpha value is -0.160. The van der Waals surface area contributed by atoms with Crippen LogP contribution < -0.4 is 5.32 Å². The summed E-state index contributed by atoms with van der Waals surface area (Å²) in [4.78, 5) is 2.62. The fourth-order valence-electron chi connectivity index (χ4n) is 3.57. The Morgan fingerprint density at radius 1 is 1.17 bits per heavy atom. The summed E-state index contributed by atoms with van der Waals surface area (Å²) in [6.07, 6.45) is 5.83. The number of rotatable bonds is 4. The highest BCUT2D eigenvalue weighted by atomic mass is 16.5. The van der Waals surface area contributed by atoms with Crippen molar-refractivity contribution < 1.29 is 9.47 Å². The lowest BCUT2D eigenvalue weighted by atomic mass is 10.0. The van der Waals surface area contributed by atoms with E-state index in [9.17, 15) is 0 Å². The highest BCUT2D eigenvalue weighted by Crippen LogP contribution is 2.29. The summed E-state index contributed by atoms with van der Waals surface area (Å²) in [6.45, 7) is 7.37. The SMILES string of the molecule is CCCNC1CCOCC1N1CC2CCC(C1)O2. The van der Waals surface area contributed by atoms with E-state index in [4.69, 9.17) is 9.47 Å². The number of morpholine rings is 1. The van der Waals surface area contributed by atoms with E-state index < -0.39 is 0 Å². The van der Waals surface area contributed by atoms with Crippen molar-refractivity contribution >= 4 is 0 Å². The maximum atomic E-state index is 5.93. The molecule has 3 heterocycles. The zero-order valence-electron chi connectivity index (χ0n) is 11.4. The Kier molecular flexibility index (Phi) is 4.19. The molecule has 0 amide bonds. The van der Waals surface area contributed by atoms with Crippen molar-refractivity contribution in [2.75, 3.05) is 32.8 Å². The third kappa shape index (κ3) is 2.72. The number of hydrogen-bond acceptors (Lipinski definition) is 4. The molecule has 4 nitrogen and oxygen atoms in total. The minimum atomic E-state index is 0.484. The van der Waals surface area contributed by atoms with E-state index in [1.807, 2.05) is 0 Å². The average Bonchev–Trinajstić information content (AvgIpc) is 2.75. The predicted octanol–water partition coefficient (Wildman–Crippen LogP) is 1.01. The molecule has 0 radical (unpaired) electrons. The maximum absolute atomic E-state index is 5.93. The van der Waals surface area contributed by atoms with Gasteiger partial charge >= 0.3 is 0 Å². The molecule has 4 atom stereocenters. The molecule has 0 spiro atoms. The van der Waals surface area contributed by atoms with Gasteiger partial charge in [0, 0.05) is 31.8 Å². The van der Waals surface area contributed by atoms with E-state index in [2.05, 4.69) is 17.1 Å². The Balaban J connectivity index is 1.61. The molecule has 4 unspecified atom stereocenters. The third-order valence-corrected chi connectivity index (χ3v) is 4.52. The van der Waals surface area contributed by atoms with Gasteiger partial charge in [-0.2, -0.15) is 0 Å². The first-order valence-electron chi connectivity index (χ1n) is 7.57. The van der Waals surface area contributed by atoms with Crippen molar-refractivity contribution in [3.8, 4) is 0 Å². The molecule has 3 fully saturated rings. The highest BCUT2D eigenvalue weighted by Gasteiger charge is 2.39. The van der Waals surface area contributed by atoms with Crippen molar-refractivity contribution in [1.82, 2.24) is 10.2 Å². The summed E-state index contributed by atoms with van der Waals surface area (Å²) >= 11 is 0. The fourth-order valence-corrected chi connectivity index (χ4v) is 3.57. The summed E-state index contributed by atoms with van der Waals surface area (Å²) in [5.74, 6) is 0. The molecule has 3 aliphatic rings. The number of fused-ring (bicyclic) bond motifs is 2. The van der Waals surface area contributed by atoms with Gasteiger partial charge in [-0.25, -0.2) is 0 Å². The second-order valence-corrected chi connectivity index (χ2v) is 5.90. The van der Waals surface area contributed by atoms with Gasteiger partial charge in [-0.3, -0.25) is 4.90 Å². The molecule has 0 saturated carbocycles. The van der Waals surface area contributed by atoms with Crippen LogP contribution in [-0.2, 0) is 9.47 Å². The summed E-state index contributed by atoms with van der Waals surface area (Å²) < 4.78 is 11.6. The van der Waals surface area contributed by atoms with E-state index in [-0.39, 0.29) is 0 Å². The Morgan fingerprint density at radius 3 is 2.67 bits per heavy atom. The van der Waals surface area contributed by atoms with Crippen LogP contribution in [0.3, 0.4) is 0 Å². The quantitative estimate of drug-likeness (QED) is 0.812. The Labute approximate surface area is 110 Å². The third-order valence-electron chi connectivity index (χ3n) is 4.52. The molecule has 1 N–H and O–H groups in total. The van der Waals surface area contributed by atoms with Gasteiger partial charge in [0.05, 0.1) is 18.8 Å². The van der Waals surface area contributed by atoms with E-state index in [1.165, 1.54) is 19.3 Å². The van der Waals surface area contributed by atoms with Crippen molar-refractivity contribution in [3.05, 3.63) is 0 Å². The minimum absolute atomic E-state index is 0.484. The van der Waals surface area contributed by atoms with Crippen LogP contribution in [-0.4, -0.2) is 62.0 Å². The van der Waals surface area contributed by atoms with Gasteiger partial charge in [-0.15, -0.1) is 0 Å². The van der Waals surface area contributed by atoms with Crippen LogP contribution >= 0.6 is 0 Å².